The highest BCUT2D eigenvalue weighted by atomic mass is 16.5. The van der Waals surface area contributed by atoms with Crippen LogP contribution in [0.4, 0.5) is 5.69 Å². The molecule has 5 nitrogen and oxygen atoms in total. The van der Waals surface area contributed by atoms with E-state index in [-0.39, 0.29) is 12.5 Å². The van der Waals surface area contributed by atoms with Crippen molar-refractivity contribution in [3.05, 3.63) is 66.4 Å². The molecule has 0 N–H and O–H groups in total. The minimum atomic E-state index is -0.488. The molecule has 0 fully saturated rings. The second-order valence-electron chi connectivity index (χ2n) is 5.71. The van der Waals surface area contributed by atoms with Crippen molar-refractivity contribution in [2.45, 2.75) is 13.5 Å². The summed E-state index contributed by atoms with van der Waals surface area (Å²) in [5.74, 6) is -0.767. The van der Waals surface area contributed by atoms with Crippen LogP contribution in [0.2, 0.25) is 0 Å². The molecule has 128 valence electrons. The lowest BCUT2D eigenvalue weighted by atomic mass is 10.2. The first-order valence-electron chi connectivity index (χ1n) is 8.18. The van der Waals surface area contributed by atoms with E-state index in [2.05, 4.69) is 0 Å². The van der Waals surface area contributed by atoms with Gasteiger partial charge < -0.3 is 14.2 Å². The predicted molar refractivity (Wildman–Crippen MR) is 97.7 cm³/mol. The monoisotopic (exact) mass is 336 g/mol. The summed E-state index contributed by atoms with van der Waals surface area (Å²) in [7, 11) is 1.66. The molecule has 0 aliphatic heterocycles. The summed E-state index contributed by atoms with van der Waals surface area (Å²) >= 11 is 0. The van der Waals surface area contributed by atoms with Gasteiger partial charge in [0, 0.05) is 36.4 Å². The van der Waals surface area contributed by atoms with Gasteiger partial charge >= 0.3 is 5.97 Å². The number of anilines is 1. The first kappa shape index (κ1) is 16.8. The maximum Gasteiger partial charge on any atom is 0.340 e. The average Bonchev–Trinajstić information content (AvgIpc) is 3.05. The maximum absolute atomic E-state index is 12.4. The number of fused-ring (bicyclic) bond motifs is 1. The topological polar surface area (TPSA) is 51.5 Å². The first-order chi connectivity index (χ1) is 12.1. The number of ether oxygens (including phenoxy) is 1. The Balaban J connectivity index is 1.72. The molecule has 0 radical (unpaired) electrons. The van der Waals surface area contributed by atoms with Crippen molar-refractivity contribution in [3.63, 3.8) is 0 Å². The summed E-state index contributed by atoms with van der Waals surface area (Å²) in [5.41, 5.74) is 2.21. The second kappa shape index (κ2) is 7.21. The van der Waals surface area contributed by atoms with Gasteiger partial charge in [-0.1, -0.05) is 36.4 Å². The van der Waals surface area contributed by atoms with Crippen LogP contribution in [0.15, 0.2) is 60.8 Å². The molecule has 0 aliphatic carbocycles. The van der Waals surface area contributed by atoms with Gasteiger partial charge in [-0.3, -0.25) is 4.79 Å². The summed E-state index contributed by atoms with van der Waals surface area (Å²) in [5, 5.41) is 0.832. The van der Waals surface area contributed by atoms with Gasteiger partial charge in [-0.05, 0) is 25.1 Å². The fourth-order valence-corrected chi connectivity index (χ4v) is 2.77. The average molecular weight is 336 g/mol. The number of hydrogen-bond donors (Lipinski definition) is 0. The van der Waals surface area contributed by atoms with Crippen LogP contribution in [0.25, 0.3) is 10.9 Å². The lowest BCUT2D eigenvalue weighted by Gasteiger charge is -2.16. The minimum absolute atomic E-state index is 0.279. The molecular formula is C20H20N2O3. The molecule has 1 aromatic heterocycles. The molecule has 1 amide bonds. The summed E-state index contributed by atoms with van der Waals surface area (Å²) < 4.78 is 7.24. The first-order valence-corrected chi connectivity index (χ1v) is 8.18. The number of amides is 1. The van der Waals surface area contributed by atoms with E-state index in [1.54, 1.807) is 13.2 Å². The molecule has 0 atom stereocenters. The molecule has 0 saturated carbocycles. The van der Waals surface area contributed by atoms with E-state index in [1.807, 2.05) is 66.1 Å². The molecule has 0 spiro atoms. The van der Waals surface area contributed by atoms with Gasteiger partial charge in [0.15, 0.2) is 6.61 Å². The van der Waals surface area contributed by atoms with E-state index in [4.69, 9.17) is 4.74 Å². The number of rotatable bonds is 5. The third-order valence-electron chi connectivity index (χ3n) is 4.19. The van der Waals surface area contributed by atoms with Gasteiger partial charge in [0.1, 0.15) is 0 Å². The Kier molecular flexibility index (Phi) is 4.84. The van der Waals surface area contributed by atoms with Gasteiger partial charge in [-0.15, -0.1) is 0 Å². The Bertz CT molecular complexity index is 900. The van der Waals surface area contributed by atoms with E-state index in [1.165, 1.54) is 4.90 Å². The van der Waals surface area contributed by atoms with Gasteiger partial charge in [0.05, 0.1) is 5.56 Å². The lowest BCUT2D eigenvalue weighted by Crippen LogP contribution is -2.31. The summed E-state index contributed by atoms with van der Waals surface area (Å²) in [6.45, 7) is 2.47. The van der Waals surface area contributed by atoms with Crippen molar-refractivity contribution >= 4 is 28.5 Å². The highest BCUT2D eigenvalue weighted by Gasteiger charge is 2.18. The lowest BCUT2D eigenvalue weighted by molar-refractivity contribution is -0.121. The standard InChI is InChI=1S/C20H20N2O3/c1-3-22-13-17(16-11-7-8-12-18(16)22)20(24)25-14-19(23)21(2)15-9-5-4-6-10-15/h4-13H,3,14H2,1-2H3. The second-order valence-corrected chi connectivity index (χ2v) is 5.71. The number of benzene rings is 2. The van der Waals surface area contributed by atoms with Crippen molar-refractivity contribution < 1.29 is 14.3 Å². The van der Waals surface area contributed by atoms with Crippen molar-refractivity contribution in [2.75, 3.05) is 18.6 Å². The smallest absolute Gasteiger partial charge is 0.340 e. The van der Waals surface area contributed by atoms with Crippen LogP contribution in [0.3, 0.4) is 0 Å². The Morgan fingerprint density at radius 3 is 2.44 bits per heavy atom. The summed E-state index contributed by atoms with van der Waals surface area (Å²) in [4.78, 5) is 26.2. The number of esters is 1. The van der Waals surface area contributed by atoms with Gasteiger partial charge in [-0.25, -0.2) is 4.79 Å². The van der Waals surface area contributed by atoms with Crippen LogP contribution in [0.1, 0.15) is 17.3 Å². The maximum atomic E-state index is 12.4. The Morgan fingerprint density at radius 2 is 1.72 bits per heavy atom. The molecule has 5 heteroatoms. The van der Waals surface area contributed by atoms with Crippen LogP contribution < -0.4 is 4.90 Å². The molecule has 3 aromatic rings. The van der Waals surface area contributed by atoms with Crippen LogP contribution >= 0.6 is 0 Å². The zero-order valence-electron chi connectivity index (χ0n) is 14.3. The number of carbonyl (C=O) groups excluding carboxylic acids is 2. The van der Waals surface area contributed by atoms with Crippen molar-refractivity contribution in [1.29, 1.82) is 0 Å². The number of likely N-dealkylation sites (N-methyl/N-ethyl adjacent to an activating group) is 1. The molecule has 1 heterocycles. The Hall–Kier alpha value is -3.08. The summed E-state index contributed by atoms with van der Waals surface area (Å²) in [6.07, 6.45) is 1.78. The van der Waals surface area contributed by atoms with Crippen LogP contribution in [0, 0.1) is 0 Å². The number of nitrogens with zero attached hydrogens (tertiary/aromatic N) is 2. The third kappa shape index (κ3) is 3.40. The van der Waals surface area contributed by atoms with Crippen LogP contribution in [-0.2, 0) is 16.1 Å². The molecule has 0 unspecified atom stereocenters. The number of aryl methyl sites for hydroxylation is 1. The Morgan fingerprint density at radius 1 is 1.04 bits per heavy atom. The van der Waals surface area contributed by atoms with E-state index in [0.717, 1.165) is 23.1 Å². The van der Waals surface area contributed by atoms with E-state index in [9.17, 15) is 9.59 Å². The molecule has 0 bridgehead atoms. The van der Waals surface area contributed by atoms with Crippen molar-refractivity contribution in [1.82, 2.24) is 4.57 Å². The van der Waals surface area contributed by atoms with E-state index < -0.39 is 5.97 Å². The molecule has 25 heavy (non-hydrogen) atoms. The summed E-state index contributed by atoms with van der Waals surface area (Å²) in [6, 6.07) is 16.9. The Labute approximate surface area is 146 Å². The molecule has 3 rings (SSSR count). The molecule has 0 saturated heterocycles. The minimum Gasteiger partial charge on any atom is -0.452 e. The van der Waals surface area contributed by atoms with Crippen molar-refractivity contribution in [3.8, 4) is 0 Å². The fraction of sp³-hybridized carbons (Fsp3) is 0.200. The van der Waals surface area contributed by atoms with Crippen molar-refractivity contribution in [2.24, 2.45) is 0 Å². The highest BCUT2D eigenvalue weighted by Crippen LogP contribution is 2.22. The van der Waals surface area contributed by atoms with Crippen LogP contribution in [-0.4, -0.2) is 30.1 Å². The normalized spacial score (nSPS) is 10.6. The molecule has 0 aliphatic rings. The molecule has 2 aromatic carbocycles. The molecular weight excluding hydrogens is 316 g/mol. The van der Waals surface area contributed by atoms with E-state index in [0.29, 0.717) is 5.56 Å². The largest absolute Gasteiger partial charge is 0.452 e. The number of aromatic nitrogens is 1. The zero-order chi connectivity index (χ0) is 17.8. The van der Waals surface area contributed by atoms with Crippen LogP contribution in [0.5, 0.6) is 0 Å². The number of para-hydroxylation sites is 2. The zero-order valence-corrected chi connectivity index (χ0v) is 14.3. The SMILES string of the molecule is CCn1cc(C(=O)OCC(=O)N(C)c2ccccc2)c2ccccc21. The van der Waals surface area contributed by atoms with Gasteiger partial charge in [-0.2, -0.15) is 0 Å². The number of carbonyl (C=O) groups is 2. The third-order valence-corrected chi connectivity index (χ3v) is 4.19. The fourth-order valence-electron chi connectivity index (χ4n) is 2.77. The van der Waals surface area contributed by atoms with E-state index >= 15 is 0 Å². The quantitative estimate of drug-likeness (QED) is 0.670. The van der Waals surface area contributed by atoms with Gasteiger partial charge in [0.2, 0.25) is 0 Å². The highest BCUT2D eigenvalue weighted by molar-refractivity contribution is 6.05. The predicted octanol–water partition coefficient (Wildman–Crippen LogP) is 3.48. The number of hydrogen-bond acceptors (Lipinski definition) is 3. The van der Waals surface area contributed by atoms with Gasteiger partial charge in [0.25, 0.3) is 5.91 Å².